The van der Waals surface area contributed by atoms with Crippen LogP contribution in [-0.2, 0) is 10.1 Å². The van der Waals surface area contributed by atoms with Crippen molar-refractivity contribution in [3.05, 3.63) is 47.5 Å². The zero-order chi connectivity index (χ0) is 16.5. The normalized spacial score (nSPS) is 11.1. The van der Waals surface area contributed by atoms with Crippen LogP contribution in [0.5, 0.6) is 17.2 Å². The summed E-state index contributed by atoms with van der Waals surface area (Å²) in [4.78, 5) is 10.7. The van der Waals surface area contributed by atoms with Crippen LogP contribution in [0, 0.1) is 6.92 Å². The first-order valence-corrected chi connectivity index (χ1v) is 7.42. The maximum absolute atomic E-state index is 12.1. The van der Waals surface area contributed by atoms with Crippen LogP contribution in [0.1, 0.15) is 15.9 Å². The molecule has 0 aliphatic heterocycles. The molecule has 0 bridgehead atoms. The van der Waals surface area contributed by atoms with Crippen molar-refractivity contribution in [2.24, 2.45) is 0 Å². The monoisotopic (exact) mass is 324 g/mol. The topological polar surface area (TPSA) is 121 Å². The van der Waals surface area contributed by atoms with Crippen LogP contribution in [0.15, 0.2) is 41.3 Å². The molecule has 2 rings (SSSR count). The fourth-order valence-corrected chi connectivity index (χ4v) is 2.58. The Kier molecular flexibility index (Phi) is 3.96. The number of aryl methyl sites for hydroxylation is 1. The van der Waals surface area contributed by atoms with Gasteiger partial charge in [0.2, 0.25) is 5.75 Å². The van der Waals surface area contributed by atoms with E-state index in [9.17, 15) is 23.4 Å². The van der Waals surface area contributed by atoms with Gasteiger partial charge in [-0.25, -0.2) is 4.79 Å². The molecule has 0 atom stereocenters. The van der Waals surface area contributed by atoms with Crippen LogP contribution in [0.3, 0.4) is 0 Å². The third kappa shape index (κ3) is 3.12. The van der Waals surface area contributed by atoms with E-state index < -0.39 is 38.9 Å². The number of aromatic hydroxyl groups is 2. The van der Waals surface area contributed by atoms with Crippen molar-refractivity contribution in [3.8, 4) is 17.2 Å². The number of rotatable bonds is 4. The molecule has 0 aliphatic carbocycles. The van der Waals surface area contributed by atoms with E-state index in [0.29, 0.717) is 0 Å². The summed E-state index contributed by atoms with van der Waals surface area (Å²) in [6, 6.07) is 7.32. The first-order chi connectivity index (χ1) is 10.2. The van der Waals surface area contributed by atoms with Crippen molar-refractivity contribution in [1.82, 2.24) is 0 Å². The Morgan fingerprint density at radius 1 is 1.09 bits per heavy atom. The Labute approximate surface area is 126 Å². The Morgan fingerprint density at radius 2 is 1.68 bits per heavy atom. The average Bonchev–Trinajstić information content (AvgIpc) is 2.43. The lowest BCUT2D eigenvalue weighted by Crippen LogP contribution is -2.10. The molecule has 0 aliphatic rings. The summed E-state index contributed by atoms with van der Waals surface area (Å²) >= 11 is 0. The first kappa shape index (κ1) is 15.6. The molecule has 0 saturated carbocycles. The van der Waals surface area contributed by atoms with Crippen molar-refractivity contribution in [3.63, 3.8) is 0 Å². The summed E-state index contributed by atoms with van der Waals surface area (Å²) in [5.74, 6) is -3.74. The van der Waals surface area contributed by atoms with Gasteiger partial charge in [0.15, 0.2) is 11.5 Å². The van der Waals surface area contributed by atoms with E-state index in [2.05, 4.69) is 0 Å². The van der Waals surface area contributed by atoms with Gasteiger partial charge in [0.05, 0.1) is 5.56 Å². The molecular formula is C14H12O7S. The summed E-state index contributed by atoms with van der Waals surface area (Å²) in [6.07, 6.45) is 0. The third-order valence-electron chi connectivity index (χ3n) is 2.81. The van der Waals surface area contributed by atoms with E-state index in [1.807, 2.05) is 0 Å². The molecule has 0 amide bonds. The van der Waals surface area contributed by atoms with Gasteiger partial charge in [-0.1, -0.05) is 17.7 Å². The fourth-order valence-electron chi connectivity index (χ4n) is 1.65. The van der Waals surface area contributed by atoms with E-state index in [0.717, 1.165) is 17.7 Å². The molecule has 116 valence electrons. The molecule has 3 N–H and O–H groups in total. The quantitative estimate of drug-likeness (QED) is 0.580. The summed E-state index contributed by atoms with van der Waals surface area (Å²) in [5.41, 5.74) is 0.414. The highest BCUT2D eigenvalue weighted by Crippen LogP contribution is 2.38. The van der Waals surface area contributed by atoms with Gasteiger partial charge in [-0.3, -0.25) is 0 Å². The molecule has 0 saturated heterocycles. The van der Waals surface area contributed by atoms with Gasteiger partial charge in [0.25, 0.3) is 0 Å². The van der Waals surface area contributed by atoms with Crippen LogP contribution >= 0.6 is 0 Å². The molecule has 0 unspecified atom stereocenters. The number of hydrogen-bond donors (Lipinski definition) is 3. The second kappa shape index (κ2) is 5.57. The Hall–Kier alpha value is -2.74. The highest BCUT2D eigenvalue weighted by Gasteiger charge is 2.22. The first-order valence-electron chi connectivity index (χ1n) is 6.01. The molecule has 8 heteroatoms. The Balaban J connectivity index is 2.45. The molecule has 0 aromatic heterocycles. The minimum Gasteiger partial charge on any atom is -0.504 e. The van der Waals surface area contributed by atoms with Gasteiger partial charge < -0.3 is 19.5 Å². The van der Waals surface area contributed by atoms with Gasteiger partial charge in [0.1, 0.15) is 4.90 Å². The number of phenolic OH excluding ortho intramolecular Hbond substituents is 2. The van der Waals surface area contributed by atoms with Crippen LogP contribution in [-0.4, -0.2) is 29.7 Å². The van der Waals surface area contributed by atoms with E-state index in [1.165, 1.54) is 12.1 Å². The van der Waals surface area contributed by atoms with Crippen molar-refractivity contribution in [2.75, 3.05) is 0 Å². The highest BCUT2D eigenvalue weighted by molar-refractivity contribution is 7.87. The van der Waals surface area contributed by atoms with Gasteiger partial charge in [0, 0.05) is 6.07 Å². The second-order valence-electron chi connectivity index (χ2n) is 4.50. The van der Waals surface area contributed by atoms with Crippen LogP contribution in [0.25, 0.3) is 0 Å². The molecular weight excluding hydrogens is 312 g/mol. The maximum atomic E-state index is 12.1. The number of benzene rings is 2. The van der Waals surface area contributed by atoms with Gasteiger partial charge in [-0.15, -0.1) is 0 Å². The zero-order valence-corrected chi connectivity index (χ0v) is 12.2. The molecule has 2 aromatic carbocycles. The SMILES string of the molecule is Cc1ccc(S(=O)(=O)Oc2cc(C(=O)O)cc(O)c2O)cc1. The minimum atomic E-state index is -4.28. The zero-order valence-electron chi connectivity index (χ0n) is 11.3. The molecule has 0 spiro atoms. The largest absolute Gasteiger partial charge is 0.504 e. The lowest BCUT2D eigenvalue weighted by molar-refractivity contribution is 0.0696. The fraction of sp³-hybridized carbons (Fsp3) is 0.0714. The maximum Gasteiger partial charge on any atom is 0.339 e. The van der Waals surface area contributed by atoms with Crippen molar-refractivity contribution in [1.29, 1.82) is 0 Å². The summed E-state index contributed by atoms with van der Waals surface area (Å²) in [5, 5.41) is 27.9. The van der Waals surface area contributed by atoms with Crippen LogP contribution < -0.4 is 4.18 Å². The molecule has 0 radical (unpaired) electrons. The van der Waals surface area contributed by atoms with E-state index in [4.69, 9.17) is 9.29 Å². The predicted octanol–water partition coefficient (Wildman–Crippen LogP) is 1.87. The second-order valence-corrected chi connectivity index (χ2v) is 6.04. The molecule has 7 nitrogen and oxygen atoms in total. The van der Waals surface area contributed by atoms with Gasteiger partial charge in [-0.2, -0.15) is 8.42 Å². The van der Waals surface area contributed by atoms with Crippen molar-refractivity contribution >= 4 is 16.1 Å². The number of phenols is 2. The number of carboxylic acid groups (broad SMARTS) is 1. The lowest BCUT2D eigenvalue weighted by atomic mass is 10.2. The van der Waals surface area contributed by atoms with Crippen molar-refractivity contribution < 1.29 is 32.7 Å². The molecule has 22 heavy (non-hydrogen) atoms. The minimum absolute atomic E-state index is 0.169. The smallest absolute Gasteiger partial charge is 0.339 e. The molecule has 0 fully saturated rings. The third-order valence-corrected chi connectivity index (χ3v) is 4.06. The number of carboxylic acids is 1. The lowest BCUT2D eigenvalue weighted by Gasteiger charge is -2.10. The van der Waals surface area contributed by atoms with Gasteiger partial charge in [-0.05, 0) is 25.1 Å². The van der Waals surface area contributed by atoms with Crippen molar-refractivity contribution in [2.45, 2.75) is 11.8 Å². The summed E-state index contributed by atoms with van der Waals surface area (Å²) in [7, 11) is -4.28. The molecule has 0 heterocycles. The van der Waals surface area contributed by atoms with E-state index in [-0.39, 0.29) is 4.90 Å². The van der Waals surface area contributed by atoms with Crippen LogP contribution in [0.2, 0.25) is 0 Å². The van der Waals surface area contributed by atoms with Crippen LogP contribution in [0.4, 0.5) is 0 Å². The summed E-state index contributed by atoms with van der Waals surface area (Å²) < 4.78 is 28.9. The Morgan fingerprint density at radius 3 is 2.23 bits per heavy atom. The van der Waals surface area contributed by atoms with E-state index >= 15 is 0 Å². The molecule has 2 aromatic rings. The summed E-state index contributed by atoms with van der Waals surface area (Å²) in [6.45, 7) is 1.78. The van der Waals surface area contributed by atoms with Gasteiger partial charge >= 0.3 is 16.1 Å². The number of carbonyl (C=O) groups is 1. The average molecular weight is 324 g/mol. The Bertz CT molecular complexity index is 823. The predicted molar refractivity (Wildman–Crippen MR) is 75.7 cm³/mol. The standard InChI is InChI=1S/C14H12O7S/c1-8-2-4-10(5-3-8)22(19,20)21-12-7-9(14(17)18)6-11(15)13(12)16/h2-7,15-16H,1H3,(H,17,18). The highest BCUT2D eigenvalue weighted by atomic mass is 32.2. The van der Waals surface area contributed by atoms with E-state index in [1.54, 1.807) is 19.1 Å². The number of aromatic carboxylic acids is 1. The number of hydrogen-bond acceptors (Lipinski definition) is 6.